The number of rotatable bonds is 4. The third kappa shape index (κ3) is 2.47. The summed E-state index contributed by atoms with van der Waals surface area (Å²) in [7, 11) is 0. The average molecular weight is 314 g/mol. The number of aromatic nitrogens is 8. The number of nitrogens with zero attached hydrogens (tertiary/aromatic N) is 8. The fraction of sp³-hybridized carbons (Fsp3) is 0.385. The van der Waals surface area contributed by atoms with Gasteiger partial charge in [-0.2, -0.15) is 4.68 Å². The third-order valence-corrected chi connectivity index (χ3v) is 4.65. The van der Waals surface area contributed by atoms with Crippen molar-refractivity contribution in [3.63, 3.8) is 0 Å². The molecule has 1 aliphatic rings. The standard InChI is InChI=1S/C13H14N8S/c1-2-6-10(7-3-1)20-12(14-16-18-20)22-13-15-17-19-21(13)11-8-4-5-9-11/h1-3,6-7,11H,4-5,8-9H2. The minimum atomic E-state index is 0.388. The molecule has 1 aromatic carbocycles. The van der Waals surface area contributed by atoms with Crippen LogP contribution < -0.4 is 0 Å². The van der Waals surface area contributed by atoms with Gasteiger partial charge in [0.15, 0.2) is 0 Å². The molecule has 0 unspecified atom stereocenters. The van der Waals surface area contributed by atoms with Crippen molar-refractivity contribution in [3.8, 4) is 5.69 Å². The van der Waals surface area contributed by atoms with Gasteiger partial charge in [0, 0.05) is 0 Å². The van der Waals surface area contributed by atoms with Gasteiger partial charge in [0.05, 0.1) is 11.7 Å². The van der Waals surface area contributed by atoms with Crippen LogP contribution in [0.25, 0.3) is 5.69 Å². The van der Waals surface area contributed by atoms with Gasteiger partial charge in [-0.25, -0.2) is 4.68 Å². The van der Waals surface area contributed by atoms with Gasteiger partial charge in [-0.15, -0.1) is 10.2 Å². The molecule has 3 aromatic rings. The summed E-state index contributed by atoms with van der Waals surface area (Å²) < 4.78 is 3.60. The van der Waals surface area contributed by atoms with E-state index in [9.17, 15) is 0 Å². The zero-order valence-electron chi connectivity index (χ0n) is 11.8. The van der Waals surface area contributed by atoms with Crippen LogP contribution in [-0.4, -0.2) is 40.4 Å². The quantitative estimate of drug-likeness (QED) is 0.727. The summed E-state index contributed by atoms with van der Waals surface area (Å²) in [6.07, 6.45) is 4.72. The van der Waals surface area contributed by atoms with Crippen molar-refractivity contribution in [2.75, 3.05) is 0 Å². The molecular weight excluding hydrogens is 300 g/mol. The minimum Gasteiger partial charge on any atom is -0.217 e. The average Bonchev–Trinajstić information content (AvgIpc) is 3.30. The molecule has 1 aliphatic carbocycles. The van der Waals surface area contributed by atoms with Crippen LogP contribution in [-0.2, 0) is 0 Å². The summed E-state index contributed by atoms with van der Waals surface area (Å²) >= 11 is 1.39. The number of hydrogen-bond acceptors (Lipinski definition) is 7. The molecule has 0 bridgehead atoms. The summed E-state index contributed by atoms with van der Waals surface area (Å²) in [5.41, 5.74) is 0.912. The molecule has 0 saturated heterocycles. The Morgan fingerprint density at radius 1 is 0.909 bits per heavy atom. The van der Waals surface area contributed by atoms with E-state index in [0.717, 1.165) is 23.7 Å². The highest BCUT2D eigenvalue weighted by molar-refractivity contribution is 7.99. The monoisotopic (exact) mass is 314 g/mol. The van der Waals surface area contributed by atoms with E-state index in [1.165, 1.54) is 24.6 Å². The Bertz CT molecular complexity index is 746. The molecule has 22 heavy (non-hydrogen) atoms. The fourth-order valence-corrected chi connectivity index (χ4v) is 3.51. The summed E-state index contributed by atoms with van der Waals surface area (Å²) in [5, 5.41) is 25.4. The lowest BCUT2D eigenvalue weighted by Gasteiger charge is -2.10. The molecule has 2 heterocycles. The smallest absolute Gasteiger partial charge is 0.217 e. The SMILES string of the molecule is c1ccc(-n2nnnc2Sc2nnnn2C2CCCC2)cc1. The van der Waals surface area contributed by atoms with Gasteiger partial charge < -0.3 is 0 Å². The van der Waals surface area contributed by atoms with E-state index in [4.69, 9.17) is 0 Å². The molecule has 2 aromatic heterocycles. The summed E-state index contributed by atoms with van der Waals surface area (Å²) in [6, 6.07) is 10.2. The maximum absolute atomic E-state index is 4.14. The molecular formula is C13H14N8S. The Kier molecular flexibility index (Phi) is 3.55. The van der Waals surface area contributed by atoms with E-state index < -0.39 is 0 Å². The minimum absolute atomic E-state index is 0.388. The van der Waals surface area contributed by atoms with Crippen LogP contribution >= 0.6 is 11.8 Å². The van der Waals surface area contributed by atoms with Crippen molar-refractivity contribution in [1.82, 2.24) is 40.4 Å². The van der Waals surface area contributed by atoms with Gasteiger partial charge in [-0.05, 0) is 57.6 Å². The van der Waals surface area contributed by atoms with Crippen LogP contribution in [0.5, 0.6) is 0 Å². The van der Waals surface area contributed by atoms with Gasteiger partial charge in [0.1, 0.15) is 0 Å². The van der Waals surface area contributed by atoms with Crippen molar-refractivity contribution < 1.29 is 0 Å². The number of tetrazole rings is 2. The zero-order valence-corrected chi connectivity index (χ0v) is 12.6. The largest absolute Gasteiger partial charge is 0.221 e. The number of para-hydroxylation sites is 1. The van der Waals surface area contributed by atoms with Crippen molar-refractivity contribution in [3.05, 3.63) is 30.3 Å². The molecule has 8 nitrogen and oxygen atoms in total. The van der Waals surface area contributed by atoms with Gasteiger partial charge >= 0.3 is 0 Å². The Morgan fingerprint density at radius 3 is 2.45 bits per heavy atom. The lowest BCUT2D eigenvalue weighted by Crippen LogP contribution is -2.08. The second-order valence-corrected chi connectivity index (χ2v) is 6.09. The predicted molar refractivity (Wildman–Crippen MR) is 78.6 cm³/mol. The lowest BCUT2D eigenvalue weighted by molar-refractivity contribution is 0.422. The van der Waals surface area contributed by atoms with Crippen LogP contribution in [0.15, 0.2) is 40.6 Å². The van der Waals surface area contributed by atoms with E-state index in [0.29, 0.717) is 11.2 Å². The van der Waals surface area contributed by atoms with Gasteiger partial charge in [0.2, 0.25) is 10.3 Å². The second kappa shape index (κ2) is 5.84. The first-order chi connectivity index (χ1) is 10.9. The maximum Gasteiger partial charge on any atom is 0.221 e. The van der Waals surface area contributed by atoms with E-state index >= 15 is 0 Å². The second-order valence-electron chi connectivity index (χ2n) is 5.16. The topological polar surface area (TPSA) is 87.2 Å². The van der Waals surface area contributed by atoms with Gasteiger partial charge in [0.25, 0.3) is 0 Å². The van der Waals surface area contributed by atoms with Crippen LogP contribution in [0.1, 0.15) is 31.7 Å². The Hall–Kier alpha value is -2.29. The van der Waals surface area contributed by atoms with E-state index in [2.05, 4.69) is 31.1 Å². The molecule has 1 saturated carbocycles. The first kappa shape index (κ1) is 13.4. The number of hydrogen-bond donors (Lipinski definition) is 0. The number of benzene rings is 1. The third-order valence-electron chi connectivity index (χ3n) is 3.76. The molecule has 0 atom stereocenters. The first-order valence-corrected chi connectivity index (χ1v) is 8.03. The molecule has 4 rings (SSSR count). The first-order valence-electron chi connectivity index (χ1n) is 7.21. The molecule has 0 amide bonds. The molecule has 1 fully saturated rings. The summed E-state index contributed by atoms with van der Waals surface area (Å²) in [6.45, 7) is 0. The van der Waals surface area contributed by atoms with Gasteiger partial charge in [-0.3, -0.25) is 0 Å². The van der Waals surface area contributed by atoms with E-state index in [1.807, 2.05) is 35.0 Å². The van der Waals surface area contributed by atoms with Crippen molar-refractivity contribution in [1.29, 1.82) is 0 Å². The fourth-order valence-electron chi connectivity index (χ4n) is 2.69. The Balaban J connectivity index is 1.63. The predicted octanol–water partition coefficient (Wildman–Crippen LogP) is 1.92. The van der Waals surface area contributed by atoms with Crippen LogP contribution in [0, 0.1) is 0 Å². The van der Waals surface area contributed by atoms with Crippen LogP contribution in [0.4, 0.5) is 0 Å². The summed E-state index contributed by atoms with van der Waals surface area (Å²) in [4.78, 5) is 0. The van der Waals surface area contributed by atoms with Gasteiger partial charge in [-0.1, -0.05) is 31.0 Å². The molecule has 0 aliphatic heterocycles. The van der Waals surface area contributed by atoms with Crippen molar-refractivity contribution in [2.45, 2.75) is 42.0 Å². The van der Waals surface area contributed by atoms with Crippen molar-refractivity contribution in [2.24, 2.45) is 0 Å². The molecule has 9 heteroatoms. The Morgan fingerprint density at radius 2 is 1.64 bits per heavy atom. The Labute approximate surface area is 130 Å². The van der Waals surface area contributed by atoms with E-state index in [1.54, 1.807) is 4.68 Å². The van der Waals surface area contributed by atoms with Crippen LogP contribution in [0.3, 0.4) is 0 Å². The maximum atomic E-state index is 4.14. The highest BCUT2D eigenvalue weighted by Crippen LogP contribution is 2.33. The highest BCUT2D eigenvalue weighted by atomic mass is 32.2. The van der Waals surface area contributed by atoms with Crippen molar-refractivity contribution >= 4 is 11.8 Å². The molecule has 0 spiro atoms. The zero-order chi connectivity index (χ0) is 14.8. The van der Waals surface area contributed by atoms with E-state index in [-0.39, 0.29) is 0 Å². The normalized spacial score (nSPS) is 15.5. The molecule has 0 N–H and O–H groups in total. The highest BCUT2D eigenvalue weighted by Gasteiger charge is 2.23. The molecule has 0 radical (unpaired) electrons. The lowest BCUT2D eigenvalue weighted by atomic mass is 10.3. The molecule has 112 valence electrons. The summed E-state index contributed by atoms with van der Waals surface area (Å²) in [5.74, 6) is 0. The van der Waals surface area contributed by atoms with Crippen LogP contribution in [0.2, 0.25) is 0 Å².